The topological polar surface area (TPSA) is 60.7 Å². The molecular weight excluding hydrogens is 348 g/mol. The van der Waals surface area contributed by atoms with Gasteiger partial charge in [-0.3, -0.25) is 0 Å². The molecule has 0 aliphatic rings. The molecule has 0 fully saturated rings. The molecule has 0 heterocycles. The molecule has 3 aromatic rings. The van der Waals surface area contributed by atoms with Gasteiger partial charge in [-0.1, -0.05) is 43.3 Å². The van der Waals surface area contributed by atoms with Crippen LogP contribution in [0.3, 0.4) is 0 Å². The second kappa shape index (κ2) is 7.97. The number of aromatic hydroxyl groups is 3. The highest BCUT2D eigenvalue weighted by Gasteiger charge is 2.20. The van der Waals surface area contributed by atoms with Crippen molar-refractivity contribution in [2.24, 2.45) is 0 Å². The van der Waals surface area contributed by atoms with Gasteiger partial charge < -0.3 is 15.3 Å². The van der Waals surface area contributed by atoms with Crippen LogP contribution in [-0.2, 0) is 0 Å². The predicted molar refractivity (Wildman–Crippen MR) is 113 cm³/mol. The summed E-state index contributed by atoms with van der Waals surface area (Å²) < 4.78 is 0. The van der Waals surface area contributed by atoms with Crippen LogP contribution in [0.2, 0.25) is 0 Å². The van der Waals surface area contributed by atoms with Crippen molar-refractivity contribution < 1.29 is 15.3 Å². The summed E-state index contributed by atoms with van der Waals surface area (Å²) in [5.41, 5.74) is 6.05. The van der Waals surface area contributed by atoms with Crippen molar-refractivity contribution >= 4 is 0 Å². The van der Waals surface area contributed by atoms with Gasteiger partial charge in [-0.25, -0.2) is 0 Å². The van der Waals surface area contributed by atoms with E-state index in [1.807, 2.05) is 57.2 Å². The van der Waals surface area contributed by atoms with E-state index in [0.29, 0.717) is 17.2 Å². The molecule has 1 unspecified atom stereocenters. The molecule has 0 aliphatic carbocycles. The first-order valence-electron chi connectivity index (χ1n) is 9.64. The summed E-state index contributed by atoms with van der Waals surface area (Å²) in [6.07, 6.45) is 0.874. The van der Waals surface area contributed by atoms with Crippen LogP contribution < -0.4 is 0 Å². The fourth-order valence-electron chi connectivity index (χ4n) is 3.73. The number of hydrogen-bond donors (Lipinski definition) is 3. The number of rotatable bonds is 5. The molecule has 3 nitrogen and oxygen atoms in total. The van der Waals surface area contributed by atoms with Gasteiger partial charge in [0.2, 0.25) is 0 Å². The Labute approximate surface area is 166 Å². The van der Waals surface area contributed by atoms with Crippen LogP contribution in [0, 0.1) is 20.8 Å². The Bertz CT molecular complexity index is 940. The van der Waals surface area contributed by atoms with E-state index in [9.17, 15) is 15.3 Å². The molecule has 0 saturated heterocycles. The molecule has 3 rings (SSSR count). The van der Waals surface area contributed by atoms with Crippen LogP contribution in [-0.4, -0.2) is 15.3 Å². The molecule has 0 aromatic heterocycles. The zero-order valence-corrected chi connectivity index (χ0v) is 16.9. The maximum atomic E-state index is 9.94. The molecule has 0 amide bonds. The maximum Gasteiger partial charge on any atom is 0.118 e. The van der Waals surface area contributed by atoms with E-state index in [0.717, 1.165) is 34.2 Å². The van der Waals surface area contributed by atoms with Gasteiger partial charge in [-0.05, 0) is 84.7 Å². The van der Waals surface area contributed by atoms with Crippen LogP contribution in [0.4, 0.5) is 0 Å². The first kappa shape index (κ1) is 19.8. The summed E-state index contributed by atoms with van der Waals surface area (Å²) in [5.74, 6) is 1.31. The quantitative estimate of drug-likeness (QED) is 0.508. The Kier molecular flexibility index (Phi) is 5.64. The fraction of sp³-hybridized carbons (Fsp3) is 0.280. The summed E-state index contributed by atoms with van der Waals surface area (Å²) in [6, 6.07) is 17.3. The predicted octanol–water partition coefficient (Wildman–Crippen LogP) is 6.05. The third-order valence-electron chi connectivity index (χ3n) is 5.63. The van der Waals surface area contributed by atoms with Crippen molar-refractivity contribution in [3.63, 3.8) is 0 Å². The van der Waals surface area contributed by atoms with E-state index in [4.69, 9.17) is 0 Å². The van der Waals surface area contributed by atoms with Crippen LogP contribution in [0.15, 0.2) is 54.6 Å². The molecule has 3 aromatic carbocycles. The van der Waals surface area contributed by atoms with Gasteiger partial charge >= 0.3 is 0 Å². The van der Waals surface area contributed by atoms with E-state index < -0.39 is 0 Å². The number of hydrogen-bond acceptors (Lipinski definition) is 3. The Hall–Kier alpha value is -2.94. The largest absolute Gasteiger partial charge is 0.508 e. The van der Waals surface area contributed by atoms with E-state index in [2.05, 4.69) is 6.92 Å². The molecule has 3 N–H and O–H groups in total. The summed E-state index contributed by atoms with van der Waals surface area (Å²) in [7, 11) is 0. The Balaban J connectivity index is 2.00. The van der Waals surface area contributed by atoms with Crippen LogP contribution in [0.1, 0.15) is 58.6 Å². The number of phenolic OH excluding ortho intramolecular Hbond substituents is 3. The van der Waals surface area contributed by atoms with E-state index in [-0.39, 0.29) is 11.8 Å². The van der Waals surface area contributed by atoms with Crippen LogP contribution >= 0.6 is 0 Å². The Morgan fingerprint density at radius 2 is 0.964 bits per heavy atom. The van der Waals surface area contributed by atoms with Crippen molar-refractivity contribution in [1.82, 2.24) is 0 Å². The number of phenols is 3. The molecule has 0 spiro atoms. The highest BCUT2D eigenvalue weighted by molar-refractivity contribution is 5.44. The first-order valence-corrected chi connectivity index (χ1v) is 9.64. The van der Waals surface area contributed by atoms with Crippen molar-refractivity contribution in [2.45, 2.75) is 46.0 Å². The van der Waals surface area contributed by atoms with Crippen LogP contribution in [0.5, 0.6) is 17.2 Å². The lowest BCUT2D eigenvalue weighted by Crippen LogP contribution is -2.07. The van der Waals surface area contributed by atoms with Crippen molar-refractivity contribution in [1.29, 1.82) is 0 Å². The van der Waals surface area contributed by atoms with Crippen molar-refractivity contribution in [3.05, 3.63) is 88.0 Å². The lowest BCUT2D eigenvalue weighted by molar-refractivity contribution is 0.470. The lowest BCUT2D eigenvalue weighted by Gasteiger charge is -2.24. The zero-order chi connectivity index (χ0) is 20.4. The molecule has 1 atom stereocenters. The second-order valence-corrected chi connectivity index (χ2v) is 7.83. The minimum absolute atomic E-state index is 0.128. The SMILES string of the molecule is Cc1cc(C(C)CC(c2ccc(O)c(C)c2)c2ccc(O)c(C)c2)ccc1O. The lowest BCUT2D eigenvalue weighted by atomic mass is 9.81. The molecule has 28 heavy (non-hydrogen) atoms. The highest BCUT2D eigenvalue weighted by atomic mass is 16.3. The molecule has 0 saturated carbocycles. The fourth-order valence-corrected chi connectivity index (χ4v) is 3.73. The monoisotopic (exact) mass is 376 g/mol. The molecule has 0 radical (unpaired) electrons. The van der Waals surface area contributed by atoms with E-state index in [1.165, 1.54) is 5.56 Å². The molecule has 0 bridgehead atoms. The van der Waals surface area contributed by atoms with Gasteiger partial charge in [0, 0.05) is 5.92 Å². The zero-order valence-electron chi connectivity index (χ0n) is 16.9. The average molecular weight is 376 g/mol. The third kappa shape index (κ3) is 4.14. The molecular formula is C25H28O3. The minimum atomic E-state index is 0.128. The summed E-state index contributed by atoms with van der Waals surface area (Å²) in [5, 5.41) is 29.7. The summed E-state index contributed by atoms with van der Waals surface area (Å²) >= 11 is 0. The molecule has 3 heteroatoms. The molecule has 146 valence electrons. The number of aryl methyl sites for hydroxylation is 3. The normalized spacial score (nSPS) is 12.3. The van der Waals surface area contributed by atoms with Gasteiger partial charge in [0.1, 0.15) is 17.2 Å². The van der Waals surface area contributed by atoms with Gasteiger partial charge in [0.05, 0.1) is 0 Å². The van der Waals surface area contributed by atoms with E-state index >= 15 is 0 Å². The maximum absolute atomic E-state index is 9.94. The van der Waals surface area contributed by atoms with Gasteiger partial charge in [-0.2, -0.15) is 0 Å². The van der Waals surface area contributed by atoms with Gasteiger partial charge in [0.25, 0.3) is 0 Å². The van der Waals surface area contributed by atoms with Gasteiger partial charge in [-0.15, -0.1) is 0 Å². The minimum Gasteiger partial charge on any atom is -0.508 e. The summed E-state index contributed by atoms with van der Waals surface area (Å²) in [4.78, 5) is 0. The first-order chi connectivity index (χ1) is 13.3. The Morgan fingerprint density at radius 3 is 1.36 bits per heavy atom. The standard InChI is InChI=1S/C25H28O3/c1-15(19-5-8-23(26)16(2)11-19)14-22(20-6-9-24(27)17(3)12-20)21-7-10-25(28)18(4)13-21/h5-13,15,22,26-28H,14H2,1-4H3. The van der Waals surface area contributed by atoms with Gasteiger partial charge in [0.15, 0.2) is 0 Å². The highest BCUT2D eigenvalue weighted by Crippen LogP contribution is 2.38. The second-order valence-electron chi connectivity index (χ2n) is 7.83. The summed E-state index contributed by atoms with van der Waals surface area (Å²) in [6.45, 7) is 7.92. The smallest absolute Gasteiger partial charge is 0.118 e. The van der Waals surface area contributed by atoms with E-state index in [1.54, 1.807) is 18.2 Å². The van der Waals surface area contributed by atoms with Crippen molar-refractivity contribution in [3.8, 4) is 17.2 Å². The number of benzene rings is 3. The molecule has 0 aliphatic heterocycles. The Morgan fingerprint density at radius 1 is 0.607 bits per heavy atom. The van der Waals surface area contributed by atoms with Crippen molar-refractivity contribution in [2.75, 3.05) is 0 Å². The third-order valence-corrected chi connectivity index (χ3v) is 5.63. The average Bonchev–Trinajstić information content (AvgIpc) is 2.66. The van der Waals surface area contributed by atoms with Crippen LogP contribution in [0.25, 0.3) is 0 Å².